The normalized spacial score (nSPS) is 11.4. The van der Waals surface area contributed by atoms with Gasteiger partial charge in [0.25, 0.3) is 0 Å². The van der Waals surface area contributed by atoms with Crippen LogP contribution in [0.5, 0.6) is 0 Å². The molecule has 0 radical (unpaired) electrons. The summed E-state index contributed by atoms with van der Waals surface area (Å²) in [5.74, 6) is 0. The minimum Gasteiger partial charge on any atom is -0.456 e. The Kier molecular flexibility index (Phi) is 9.36. The summed E-state index contributed by atoms with van der Waals surface area (Å²) < 4.78 is 8.78. The molecule has 0 aliphatic rings. The Morgan fingerprint density at radius 2 is 0.750 bits per heavy atom. The van der Waals surface area contributed by atoms with Crippen molar-refractivity contribution >= 4 is 87.6 Å². The van der Waals surface area contributed by atoms with E-state index in [2.05, 4.69) is 240 Å². The molecule has 0 fully saturated rings. The molecule has 0 N–H and O–H groups in total. The SMILES string of the molecule is c1ccc(-c2ccc(N(c3cc(-c4cccc(-c5ccc6oc7ccccc7c6c5)c4)cc(N(c4ccccc4)c4ccccc4)c3)c3ccc4sc5ccccc5c4c3)cc2)cc1. The Labute approximate surface area is 376 Å². The Balaban J connectivity index is 1.08. The molecule has 4 heteroatoms. The third kappa shape index (κ3) is 6.87. The molecule has 3 nitrogen and oxygen atoms in total. The summed E-state index contributed by atoms with van der Waals surface area (Å²) in [6.07, 6.45) is 0. The molecule has 0 spiro atoms. The molecular weight excluding hydrogens is 797 g/mol. The Morgan fingerprint density at radius 1 is 0.250 bits per heavy atom. The summed E-state index contributed by atoms with van der Waals surface area (Å²) >= 11 is 1.85. The van der Waals surface area contributed by atoms with Gasteiger partial charge in [-0.1, -0.05) is 140 Å². The molecule has 10 aromatic carbocycles. The number of furan rings is 1. The largest absolute Gasteiger partial charge is 0.456 e. The third-order valence-corrected chi connectivity index (χ3v) is 13.4. The number of nitrogens with zero attached hydrogens (tertiary/aromatic N) is 2. The van der Waals surface area contributed by atoms with Crippen LogP contribution in [-0.4, -0.2) is 0 Å². The van der Waals surface area contributed by atoms with E-state index in [1.165, 1.54) is 31.3 Å². The van der Waals surface area contributed by atoms with Crippen LogP contribution in [0.15, 0.2) is 247 Å². The predicted octanol–water partition coefficient (Wildman–Crippen LogP) is 17.9. The highest BCUT2D eigenvalue weighted by Crippen LogP contribution is 2.46. The van der Waals surface area contributed by atoms with E-state index in [1.54, 1.807) is 0 Å². The van der Waals surface area contributed by atoms with Gasteiger partial charge in [-0.3, -0.25) is 0 Å². The van der Waals surface area contributed by atoms with Crippen molar-refractivity contribution < 1.29 is 4.42 Å². The summed E-state index contributed by atoms with van der Waals surface area (Å²) in [7, 11) is 0. The van der Waals surface area contributed by atoms with Gasteiger partial charge in [0, 0.05) is 65.1 Å². The summed E-state index contributed by atoms with van der Waals surface area (Å²) in [6, 6.07) is 87.4. The standard InChI is InChI=1S/C60H40N2OS/c1-4-15-41(16-5-1)42-27-30-49(31-28-42)62(50-32-34-60-56(40-50)54-24-11-13-26-59(54)64-60)52-37-46(36-51(39-52)61(47-19-6-2-7-20-47)48-21-8-3-9-22-48)44-18-14-17-43(35-44)45-29-33-58-55(38-45)53-23-10-12-25-57(53)63-58/h1-40H. The lowest BCUT2D eigenvalue weighted by Gasteiger charge is -2.30. The zero-order chi connectivity index (χ0) is 42.4. The first-order chi connectivity index (χ1) is 31.7. The van der Waals surface area contributed by atoms with Gasteiger partial charge in [0.05, 0.1) is 0 Å². The molecule has 2 heterocycles. The summed E-state index contributed by atoms with van der Waals surface area (Å²) in [5, 5.41) is 4.77. The zero-order valence-electron chi connectivity index (χ0n) is 34.8. The van der Waals surface area contributed by atoms with Crippen molar-refractivity contribution in [1.82, 2.24) is 0 Å². The monoisotopic (exact) mass is 836 g/mol. The zero-order valence-corrected chi connectivity index (χ0v) is 35.6. The highest BCUT2D eigenvalue weighted by atomic mass is 32.1. The van der Waals surface area contributed by atoms with E-state index in [4.69, 9.17) is 4.42 Å². The van der Waals surface area contributed by atoms with Crippen LogP contribution in [0.25, 0.3) is 75.5 Å². The van der Waals surface area contributed by atoms with Gasteiger partial charge in [0.2, 0.25) is 0 Å². The van der Waals surface area contributed by atoms with Gasteiger partial charge < -0.3 is 14.2 Å². The van der Waals surface area contributed by atoms with Crippen LogP contribution in [-0.2, 0) is 0 Å². The first-order valence-corrected chi connectivity index (χ1v) is 22.5. The van der Waals surface area contributed by atoms with Crippen molar-refractivity contribution in [3.05, 3.63) is 243 Å². The molecule has 0 amide bonds. The lowest BCUT2D eigenvalue weighted by molar-refractivity contribution is 0.669. The average Bonchev–Trinajstić information content (AvgIpc) is 3.93. The number of thiophene rings is 1. The van der Waals surface area contributed by atoms with Gasteiger partial charge in [0.1, 0.15) is 11.2 Å². The van der Waals surface area contributed by atoms with Crippen LogP contribution in [0, 0.1) is 0 Å². The number of anilines is 6. The van der Waals surface area contributed by atoms with E-state index in [0.717, 1.165) is 78.3 Å². The predicted molar refractivity (Wildman–Crippen MR) is 272 cm³/mol. The molecule has 0 aliphatic heterocycles. The van der Waals surface area contributed by atoms with E-state index in [1.807, 2.05) is 23.5 Å². The minimum atomic E-state index is 0.894. The van der Waals surface area contributed by atoms with Crippen molar-refractivity contribution in [3.63, 3.8) is 0 Å². The van der Waals surface area contributed by atoms with Crippen LogP contribution in [0.1, 0.15) is 0 Å². The van der Waals surface area contributed by atoms with E-state index in [9.17, 15) is 0 Å². The van der Waals surface area contributed by atoms with Gasteiger partial charge in [-0.05, 0) is 137 Å². The maximum atomic E-state index is 6.21. The molecule has 2 aromatic heterocycles. The number of hydrogen-bond acceptors (Lipinski definition) is 4. The number of para-hydroxylation sites is 3. The lowest BCUT2D eigenvalue weighted by Crippen LogP contribution is -2.13. The topological polar surface area (TPSA) is 19.6 Å². The first-order valence-electron chi connectivity index (χ1n) is 21.6. The maximum absolute atomic E-state index is 6.21. The second-order valence-corrected chi connectivity index (χ2v) is 17.2. The van der Waals surface area contributed by atoms with Crippen LogP contribution in [0.2, 0.25) is 0 Å². The number of benzene rings is 10. The fourth-order valence-electron chi connectivity index (χ4n) is 9.14. The molecule has 0 atom stereocenters. The van der Waals surface area contributed by atoms with Gasteiger partial charge in [-0.2, -0.15) is 0 Å². The molecule has 0 saturated carbocycles. The van der Waals surface area contributed by atoms with Crippen molar-refractivity contribution in [3.8, 4) is 33.4 Å². The number of hydrogen-bond donors (Lipinski definition) is 0. The number of fused-ring (bicyclic) bond motifs is 6. The molecule has 12 rings (SSSR count). The van der Waals surface area contributed by atoms with Gasteiger partial charge in [-0.25, -0.2) is 0 Å². The molecule has 0 aliphatic carbocycles. The van der Waals surface area contributed by atoms with Gasteiger partial charge in [-0.15, -0.1) is 11.3 Å². The molecular formula is C60H40N2OS. The van der Waals surface area contributed by atoms with Gasteiger partial charge in [0.15, 0.2) is 0 Å². The van der Waals surface area contributed by atoms with E-state index in [0.29, 0.717) is 0 Å². The molecule has 0 bridgehead atoms. The van der Waals surface area contributed by atoms with Crippen molar-refractivity contribution in [2.75, 3.05) is 9.80 Å². The summed E-state index contributed by atoms with van der Waals surface area (Å²) in [6.45, 7) is 0. The fourth-order valence-corrected chi connectivity index (χ4v) is 10.2. The number of rotatable bonds is 9. The molecule has 64 heavy (non-hydrogen) atoms. The lowest BCUT2D eigenvalue weighted by atomic mass is 9.96. The molecule has 12 aromatic rings. The third-order valence-electron chi connectivity index (χ3n) is 12.2. The Hall–Kier alpha value is -8.18. The second kappa shape index (κ2) is 15.9. The van der Waals surface area contributed by atoms with Crippen LogP contribution >= 0.6 is 11.3 Å². The average molecular weight is 837 g/mol. The molecule has 0 unspecified atom stereocenters. The van der Waals surface area contributed by atoms with Crippen molar-refractivity contribution in [2.45, 2.75) is 0 Å². The Bertz CT molecular complexity index is 3570. The highest BCUT2D eigenvalue weighted by molar-refractivity contribution is 7.25. The molecule has 0 saturated heterocycles. The van der Waals surface area contributed by atoms with Crippen LogP contribution < -0.4 is 9.80 Å². The van der Waals surface area contributed by atoms with Crippen LogP contribution in [0.4, 0.5) is 34.1 Å². The summed E-state index contributed by atoms with van der Waals surface area (Å²) in [5.41, 5.74) is 15.1. The maximum Gasteiger partial charge on any atom is 0.135 e. The van der Waals surface area contributed by atoms with Gasteiger partial charge >= 0.3 is 0 Å². The first kappa shape index (κ1) is 37.6. The molecule has 302 valence electrons. The minimum absolute atomic E-state index is 0.894. The van der Waals surface area contributed by atoms with Crippen molar-refractivity contribution in [1.29, 1.82) is 0 Å². The quantitative estimate of drug-likeness (QED) is 0.144. The highest BCUT2D eigenvalue weighted by Gasteiger charge is 2.21. The second-order valence-electron chi connectivity index (χ2n) is 16.2. The smallest absolute Gasteiger partial charge is 0.135 e. The van der Waals surface area contributed by atoms with E-state index >= 15 is 0 Å². The van der Waals surface area contributed by atoms with E-state index in [-0.39, 0.29) is 0 Å². The van der Waals surface area contributed by atoms with Crippen LogP contribution in [0.3, 0.4) is 0 Å². The van der Waals surface area contributed by atoms with E-state index < -0.39 is 0 Å². The summed E-state index contributed by atoms with van der Waals surface area (Å²) in [4.78, 5) is 4.78. The Morgan fingerprint density at radius 3 is 1.48 bits per heavy atom. The fraction of sp³-hybridized carbons (Fsp3) is 0. The van der Waals surface area contributed by atoms with Crippen molar-refractivity contribution in [2.24, 2.45) is 0 Å².